The van der Waals surface area contributed by atoms with Gasteiger partial charge in [0.15, 0.2) is 6.23 Å². The first kappa shape index (κ1) is 24.7. The van der Waals surface area contributed by atoms with Crippen molar-refractivity contribution in [1.82, 2.24) is 9.55 Å². The van der Waals surface area contributed by atoms with Crippen LogP contribution in [0.4, 0.5) is 5.82 Å². The molecule has 3 N–H and O–H groups in total. The fourth-order valence-electron chi connectivity index (χ4n) is 2.72. The summed E-state index contributed by atoms with van der Waals surface area (Å²) >= 11 is 0. The number of carbonyl (C=O) groups excluding carboxylic acids is 2. The van der Waals surface area contributed by atoms with E-state index in [1.54, 1.807) is 6.92 Å². The van der Waals surface area contributed by atoms with Crippen LogP contribution in [0.15, 0.2) is 17.1 Å². The van der Waals surface area contributed by atoms with Gasteiger partial charge in [-0.1, -0.05) is 0 Å². The first-order chi connectivity index (χ1) is 14.7. The Labute approximate surface area is 177 Å². The Morgan fingerprint density at radius 3 is 2.29 bits per heavy atom. The Morgan fingerprint density at radius 1 is 1.19 bits per heavy atom. The van der Waals surface area contributed by atoms with Gasteiger partial charge >= 0.3 is 17.6 Å². The summed E-state index contributed by atoms with van der Waals surface area (Å²) in [5.74, 6) is -0.938. The number of carbonyl (C=O) groups is 2. The lowest BCUT2D eigenvalue weighted by atomic mass is 10.1. The third-order valence-corrected chi connectivity index (χ3v) is 4.13. The van der Waals surface area contributed by atoms with Crippen LogP contribution in [0.1, 0.15) is 27.0 Å². The average Bonchev–Trinajstić information content (AvgIpc) is 2.96. The van der Waals surface area contributed by atoms with Gasteiger partial charge < -0.3 is 39.3 Å². The van der Waals surface area contributed by atoms with E-state index in [1.807, 2.05) is 0 Å². The number of aromatic nitrogens is 2. The van der Waals surface area contributed by atoms with E-state index >= 15 is 0 Å². The Bertz CT molecular complexity index is 779. The fraction of sp³-hybridized carbons (Fsp3) is 0.667. The third-order valence-electron chi connectivity index (χ3n) is 4.13. The van der Waals surface area contributed by atoms with E-state index in [-0.39, 0.29) is 32.2 Å². The van der Waals surface area contributed by atoms with Crippen molar-refractivity contribution < 1.29 is 43.1 Å². The van der Waals surface area contributed by atoms with Gasteiger partial charge in [-0.15, -0.1) is 0 Å². The van der Waals surface area contributed by atoms with Crippen LogP contribution >= 0.6 is 0 Å². The van der Waals surface area contributed by atoms with Crippen LogP contribution in [0.25, 0.3) is 0 Å². The Kier molecular flexibility index (Phi) is 9.33. The molecule has 174 valence electrons. The minimum absolute atomic E-state index is 0.0331. The molecule has 1 aromatic rings. The van der Waals surface area contributed by atoms with Gasteiger partial charge in [-0.25, -0.2) is 4.79 Å². The molecule has 2 heterocycles. The largest absolute Gasteiger partial charge is 0.463 e. The number of nitrogen functional groups attached to an aromatic ring is 1. The summed E-state index contributed by atoms with van der Waals surface area (Å²) in [5, 5.41) is 10.5. The van der Waals surface area contributed by atoms with Gasteiger partial charge in [0.1, 0.15) is 31.2 Å². The van der Waals surface area contributed by atoms with Gasteiger partial charge in [-0.3, -0.25) is 14.2 Å². The molecule has 0 amide bonds. The van der Waals surface area contributed by atoms with Crippen LogP contribution in [-0.2, 0) is 38.0 Å². The summed E-state index contributed by atoms with van der Waals surface area (Å²) in [6.45, 7) is 2.48. The monoisotopic (exact) mass is 445 g/mol. The van der Waals surface area contributed by atoms with Crippen LogP contribution in [0.3, 0.4) is 0 Å². The molecule has 31 heavy (non-hydrogen) atoms. The second kappa shape index (κ2) is 11.7. The highest BCUT2D eigenvalue weighted by molar-refractivity contribution is 5.66. The van der Waals surface area contributed by atoms with Crippen LogP contribution in [-0.4, -0.2) is 77.8 Å². The predicted octanol–water partition coefficient (Wildman–Crippen LogP) is -1.07. The minimum atomic E-state index is -1.35. The number of aliphatic hydroxyl groups excluding tert-OH is 1. The molecule has 0 aromatic carbocycles. The first-order valence-electron chi connectivity index (χ1n) is 9.52. The molecule has 13 nitrogen and oxygen atoms in total. The topological polar surface area (TPSA) is 171 Å². The second-order valence-corrected chi connectivity index (χ2v) is 6.58. The summed E-state index contributed by atoms with van der Waals surface area (Å²) in [5.41, 5.74) is 4.83. The molecule has 0 bridgehead atoms. The number of ether oxygens (including phenoxy) is 6. The normalized spacial score (nSPS) is 23.1. The van der Waals surface area contributed by atoms with Gasteiger partial charge in [0.05, 0.1) is 19.3 Å². The number of hydrogen-bond donors (Lipinski definition) is 2. The lowest BCUT2D eigenvalue weighted by molar-refractivity contribution is -0.321. The molecule has 0 radical (unpaired) electrons. The number of anilines is 1. The third kappa shape index (κ3) is 7.56. The Hall–Kier alpha value is -2.58. The van der Waals surface area contributed by atoms with Crippen molar-refractivity contribution in [2.24, 2.45) is 0 Å². The standard InChI is InChI=1S/C18H27N3O10/c1-10-14(24)15(16(30-10)21-5-4-13(19)20-17(21)25)31-18(28-8-6-26-11(2)22)29-9-7-27-12(3)23/h4-5,10,14-16,18,24H,6-9H2,1-3H3,(H2,19,20,25)/t10-,14?,15?,16-/m1/s1. The van der Waals surface area contributed by atoms with Crippen LogP contribution in [0, 0.1) is 0 Å². The molecule has 1 saturated heterocycles. The van der Waals surface area contributed by atoms with Gasteiger partial charge in [0.2, 0.25) is 0 Å². The molecule has 1 aromatic heterocycles. The Balaban J connectivity index is 2.10. The zero-order valence-corrected chi connectivity index (χ0v) is 17.5. The summed E-state index contributed by atoms with van der Waals surface area (Å²) in [6.07, 6.45) is -2.56. The summed E-state index contributed by atoms with van der Waals surface area (Å²) in [6, 6.07) is 1.40. The van der Waals surface area contributed by atoms with Gasteiger partial charge in [0.25, 0.3) is 6.48 Å². The number of nitrogens with two attached hydrogens (primary N) is 1. The molecule has 2 rings (SSSR count). The highest BCUT2D eigenvalue weighted by atomic mass is 16.9. The molecule has 13 heteroatoms. The van der Waals surface area contributed by atoms with Gasteiger partial charge in [-0.05, 0) is 13.0 Å². The molecular formula is C18H27N3O10. The van der Waals surface area contributed by atoms with Crippen molar-refractivity contribution >= 4 is 17.8 Å². The lowest BCUT2D eigenvalue weighted by Crippen LogP contribution is -2.41. The number of nitrogens with zero attached hydrogens (tertiary/aromatic N) is 2. The maximum atomic E-state index is 12.2. The maximum absolute atomic E-state index is 12.2. The van der Waals surface area contributed by atoms with E-state index in [0.717, 1.165) is 4.57 Å². The molecule has 0 aliphatic carbocycles. The zero-order chi connectivity index (χ0) is 23.0. The molecule has 1 fully saturated rings. The number of esters is 2. The number of rotatable bonds is 11. The summed E-state index contributed by atoms with van der Waals surface area (Å²) < 4.78 is 33.0. The van der Waals surface area contributed by atoms with Crippen molar-refractivity contribution in [3.8, 4) is 0 Å². The number of aliphatic hydroxyl groups is 1. The van der Waals surface area contributed by atoms with Crippen LogP contribution < -0.4 is 11.4 Å². The van der Waals surface area contributed by atoms with E-state index in [0.29, 0.717) is 0 Å². The van der Waals surface area contributed by atoms with E-state index in [2.05, 4.69) is 4.98 Å². The first-order valence-corrected chi connectivity index (χ1v) is 9.52. The SMILES string of the molecule is CC(=O)OCCOC(OCCOC(C)=O)OC1C(O)[C@@H](C)O[C@H]1n1ccc(N)nc1=O. The molecule has 0 saturated carbocycles. The number of hydrogen-bond acceptors (Lipinski definition) is 12. The quantitative estimate of drug-likeness (QED) is 0.240. The van der Waals surface area contributed by atoms with E-state index < -0.39 is 48.6 Å². The smallest absolute Gasteiger partial charge is 0.351 e. The van der Waals surface area contributed by atoms with E-state index in [1.165, 1.54) is 26.1 Å². The van der Waals surface area contributed by atoms with Crippen molar-refractivity contribution in [2.45, 2.75) is 51.8 Å². The van der Waals surface area contributed by atoms with E-state index in [9.17, 15) is 19.5 Å². The van der Waals surface area contributed by atoms with Crippen molar-refractivity contribution in [3.05, 3.63) is 22.7 Å². The lowest BCUT2D eigenvalue weighted by Gasteiger charge is -2.27. The summed E-state index contributed by atoms with van der Waals surface area (Å²) in [7, 11) is 0. The van der Waals surface area contributed by atoms with Crippen molar-refractivity contribution in [3.63, 3.8) is 0 Å². The van der Waals surface area contributed by atoms with Crippen molar-refractivity contribution in [2.75, 3.05) is 32.2 Å². The maximum Gasteiger partial charge on any atom is 0.351 e. The molecule has 1 aliphatic heterocycles. The van der Waals surface area contributed by atoms with Crippen LogP contribution in [0.2, 0.25) is 0 Å². The minimum Gasteiger partial charge on any atom is -0.463 e. The molecule has 2 unspecified atom stereocenters. The predicted molar refractivity (Wildman–Crippen MR) is 102 cm³/mol. The highest BCUT2D eigenvalue weighted by Crippen LogP contribution is 2.31. The molecular weight excluding hydrogens is 418 g/mol. The summed E-state index contributed by atoms with van der Waals surface area (Å²) in [4.78, 5) is 37.6. The molecule has 4 atom stereocenters. The van der Waals surface area contributed by atoms with Crippen LogP contribution in [0.5, 0.6) is 0 Å². The highest BCUT2D eigenvalue weighted by Gasteiger charge is 2.45. The van der Waals surface area contributed by atoms with E-state index in [4.69, 9.17) is 34.2 Å². The molecule has 0 spiro atoms. The van der Waals surface area contributed by atoms with Gasteiger partial charge in [-0.2, -0.15) is 4.98 Å². The molecule has 1 aliphatic rings. The fourth-order valence-corrected chi connectivity index (χ4v) is 2.72. The van der Waals surface area contributed by atoms with Gasteiger partial charge in [0, 0.05) is 20.0 Å². The van der Waals surface area contributed by atoms with Crippen molar-refractivity contribution in [1.29, 1.82) is 0 Å². The average molecular weight is 445 g/mol. The Morgan fingerprint density at radius 2 is 1.77 bits per heavy atom. The zero-order valence-electron chi connectivity index (χ0n) is 17.5. The second-order valence-electron chi connectivity index (χ2n) is 6.58.